The van der Waals surface area contributed by atoms with Gasteiger partial charge in [-0.3, -0.25) is 19.2 Å². The van der Waals surface area contributed by atoms with E-state index in [0.717, 1.165) is 25.7 Å². The van der Waals surface area contributed by atoms with E-state index in [0.29, 0.717) is 31.6 Å². The lowest BCUT2D eigenvalue weighted by molar-refractivity contribution is -0.138. The smallest absolute Gasteiger partial charge is 0.271 e. The highest BCUT2D eigenvalue weighted by atomic mass is 16.2. The zero-order valence-corrected chi connectivity index (χ0v) is 17.8. The molecule has 0 spiro atoms. The normalized spacial score (nSPS) is 30.7. The average molecular weight is 428 g/mol. The molecule has 3 saturated heterocycles. The van der Waals surface area contributed by atoms with Gasteiger partial charge in [-0.15, -0.1) is 0 Å². The first-order chi connectivity index (χ1) is 14.9. The molecule has 4 atom stereocenters. The molecule has 3 aliphatic heterocycles. The van der Waals surface area contributed by atoms with Crippen molar-refractivity contribution >= 4 is 23.6 Å². The number of hydrogen-bond donors (Lipinski definition) is 2. The molecular formula is C22H29N5O4. The summed E-state index contributed by atoms with van der Waals surface area (Å²) >= 11 is 0. The van der Waals surface area contributed by atoms with E-state index in [2.05, 4.69) is 10.6 Å². The fraction of sp³-hybridized carbons (Fsp3) is 0.636. The van der Waals surface area contributed by atoms with Crippen LogP contribution in [0.2, 0.25) is 0 Å². The van der Waals surface area contributed by atoms with E-state index in [-0.39, 0.29) is 41.6 Å². The Morgan fingerprint density at radius 1 is 1.16 bits per heavy atom. The number of aromatic nitrogens is 1. The van der Waals surface area contributed by atoms with E-state index < -0.39 is 12.1 Å². The third-order valence-corrected chi connectivity index (χ3v) is 7.36. The Labute approximate surface area is 181 Å². The van der Waals surface area contributed by atoms with E-state index in [1.807, 2.05) is 0 Å². The summed E-state index contributed by atoms with van der Waals surface area (Å²) in [6.07, 6.45) is 6.74. The topological polar surface area (TPSA) is 104 Å². The van der Waals surface area contributed by atoms with Gasteiger partial charge in [0.25, 0.3) is 5.91 Å². The van der Waals surface area contributed by atoms with Crippen LogP contribution in [0.25, 0.3) is 0 Å². The molecular weight excluding hydrogens is 398 g/mol. The Balaban J connectivity index is 1.33. The van der Waals surface area contributed by atoms with E-state index in [1.165, 1.54) is 0 Å². The van der Waals surface area contributed by atoms with E-state index in [4.69, 9.17) is 0 Å². The molecule has 4 heterocycles. The minimum Gasteiger partial charge on any atom is -0.351 e. The first kappa shape index (κ1) is 20.1. The van der Waals surface area contributed by atoms with Gasteiger partial charge in [-0.25, -0.2) is 0 Å². The van der Waals surface area contributed by atoms with Crippen LogP contribution in [0.4, 0.5) is 0 Å². The molecule has 1 aromatic rings. The highest BCUT2D eigenvalue weighted by Crippen LogP contribution is 2.31. The quantitative estimate of drug-likeness (QED) is 0.709. The number of hydrogen-bond acceptors (Lipinski definition) is 4. The molecule has 166 valence electrons. The second kappa shape index (κ2) is 7.69. The molecule has 0 bridgehead atoms. The number of amides is 4. The van der Waals surface area contributed by atoms with Crippen molar-refractivity contribution in [2.75, 3.05) is 13.1 Å². The summed E-state index contributed by atoms with van der Waals surface area (Å²) in [7, 11) is 1.80. The largest absolute Gasteiger partial charge is 0.351 e. The zero-order valence-electron chi connectivity index (χ0n) is 17.8. The minimum atomic E-state index is -0.708. The zero-order chi connectivity index (χ0) is 21.7. The molecule has 1 aromatic heterocycles. The number of rotatable bonds is 3. The van der Waals surface area contributed by atoms with Gasteiger partial charge in [-0.2, -0.15) is 0 Å². The van der Waals surface area contributed by atoms with Crippen molar-refractivity contribution in [3.63, 3.8) is 0 Å². The van der Waals surface area contributed by atoms with Crippen LogP contribution in [0.3, 0.4) is 0 Å². The Morgan fingerprint density at radius 2 is 1.94 bits per heavy atom. The lowest BCUT2D eigenvalue weighted by Gasteiger charge is -2.29. The summed E-state index contributed by atoms with van der Waals surface area (Å²) in [5.41, 5.74) is 0.517. The van der Waals surface area contributed by atoms with Crippen LogP contribution in [0.5, 0.6) is 0 Å². The van der Waals surface area contributed by atoms with Gasteiger partial charge in [0.1, 0.15) is 17.8 Å². The van der Waals surface area contributed by atoms with Gasteiger partial charge < -0.3 is 25.0 Å². The Morgan fingerprint density at radius 3 is 2.65 bits per heavy atom. The number of carbonyl (C=O) groups excluding carboxylic acids is 4. The predicted octanol–water partition coefficient (Wildman–Crippen LogP) is 0.0139. The van der Waals surface area contributed by atoms with Gasteiger partial charge >= 0.3 is 0 Å². The van der Waals surface area contributed by atoms with E-state index in [9.17, 15) is 19.2 Å². The predicted molar refractivity (Wildman–Crippen MR) is 111 cm³/mol. The highest BCUT2D eigenvalue weighted by Gasteiger charge is 2.52. The number of carbonyl (C=O) groups is 4. The molecule has 4 amide bonds. The van der Waals surface area contributed by atoms with Crippen molar-refractivity contribution in [1.29, 1.82) is 0 Å². The summed E-state index contributed by atoms with van der Waals surface area (Å²) in [6, 6.07) is 1.62. The van der Waals surface area contributed by atoms with Crippen LogP contribution in [0.15, 0.2) is 18.3 Å². The molecule has 9 heteroatoms. The number of likely N-dealkylation sites (tertiary alicyclic amines) is 1. The van der Waals surface area contributed by atoms with Crippen molar-refractivity contribution in [3.05, 3.63) is 24.0 Å². The fourth-order valence-corrected chi connectivity index (χ4v) is 5.70. The Kier molecular flexibility index (Phi) is 4.98. The molecule has 31 heavy (non-hydrogen) atoms. The monoisotopic (exact) mass is 427 g/mol. The molecule has 0 aromatic carbocycles. The molecule has 2 N–H and O–H groups in total. The molecule has 1 aliphatic carbocycles. The van der Waals surface area contributed by atoms with Gasteiger partial charge in [0.15, 0.2) is 0 Å². The molecule has 0 unspecified atom stereocenters. The van der Waals surface area contributed by atoms with Crippen LogP contribution in [0, 0.1) is 5.92 Å². The summed E-state index contributed by atoms with van der Waals surface area (Å²) in [6.45, 7) is 0.733. The second-order valence-electron chi connectivity index (χ2n) is 9.28. The van der Waals surface area contributed by atoms with Gasteiger partial charge in [-0.1, -0.05) is 12.8 Å². The first-order valence-electron chi connectivity index (χ1n) is 11.3. The number of nitrogens with zero attached hydrogens (tertiary/aromatic N) is 3. The van der Waals surface area contributed by atoms with Crippen molar-refractivity contribution in [3.8, 4) is 0 Å². The summed E-state index contributed by atoms with van der Waals surface area (Å²) < 4.78 is 1.74. The molecule has 4 aliphatic rings. The van der Waals surface area contributed by atoms with Crippen LogP contribution in [-0.2, 0) is 21.4 Å². The van der Waals surface area contributed by atoms with E-state index in [1.54, 1.807) is 39.7 Å². The third-order valence-electron chi connectivity index (χ3n) is 7.36. The lowest BCUT2D eigenvalue weighted by atomic mass is 10.1. The van der Waals surface area contributed by atoms with E-state index >= 15 is 0 Å². The maximum absolute atomic E-state index is 13.5. The summed E-state index contributed by atoms with van der Waals surface area (Å²) in [5.74, 6) is -0.515. The number of aryl methyl sites for hydroxylation is 1. The maximum atomic E-state index is 13.5. The maximum Gasteiger partial charge on any atom is 0.271 e. The molecule has 0 radical (unpaired) electrons. The standard InChI is InChI=1S/C22H29N5O4/c1-25-9-4-7-16(25)21(30)26-10-8-15-18(26)22(31)27-12-14(11-17(27)20(29)24-15)23-19(28)13-5-2-3-6-13/h4,7,9,13-15,17-18H,2-3,5-6,8,10-12H2,1H3,(H,23,28)(H,24,29)/t14-,15-,17+,18-/m0/s1. The van der Waals surface area contributed by atoms with Gasteiger partial charge in [0.2, 0.25) is 17.7 Å². The van der Waals surface area contributed by atoms with Crippen LogP contribution >= 0.6 is 0 Å². The Bertz CT molecular complexity index is 921. The first-order valence-corrected chi connectivity index (χ1v) is 11.3. The lowest BCUT2D eigenvalue weighted by Crippen LogP contribution is -2.53. The Hall–Kier alpha value is -2.84. The van der Waals surface area contributed by atoms with Gasteiger partial charge in [0.05, 0.1) is 6.04 Å². The highest BCUT2D eigenvalue weighted by molar-refractivity contribution is 6.00. The molecule has 9 nitrogen and oxygen atoms in total. The number of fused-ring (bicyclic) bond motifs is 2. The molecule has 1 saturated carbocycles. The summed E-state index contributed by atoms with van der Waals surface area (Å²) in [4.78, 5) is 55.3. The molecule has 5 rings (SSSR count). The third kappa shape index (κ3) is 3.40. The number of nitrogens with one attached hydrogen (secondary N) is 2. The van der Waals surface area contributed by atoms with Crippen molar-refractivity contribution in [2.45, 2.75) is 62.7 Å². The van der Waals surface area contributed by atoms with Crippen molar-refractivity contribution in [1.82, 2.24) is 25.0 Å². The van der Waals surface area contributed by atoms with Gasteiger partial charge in [0, 0.05) is 38.3 Å². The average Bonchev–Trinajstić information content (AvgIpc) is 3.52. The SMILES string of the molecule is Cn1cccc1C(=O)N1CC[C@@H]2NC(=O)[C@H]3C[C@H](NC(=O)C4CCCC4)CN3C(=O)[C@H]21. The van der Waals surface area contributed by atoms with Crippen molar-refractivity contribution in [2.24, 2.45) is 13.0 Å². The van der Waals surface area contributed by atoms with Gasteiger partial charge in [-0.05, 0) is 37.8 Å². The van der Waals surface area contributed by atoms with Crippen LogP contribution in [0.1, 0.15) is 49.0 Å². The summed E-state index contributed by atoms with van der Waals surface area (Å²) in [5, 5.41) is 6.07. The minimum absolute atomic E-state index is 0.0345. The molecule has 4 fully saturated rings. The van der Waals surface area contributed by atoms with Crippen molar-refractivity contribution < 1.29 is 19.2 Å². The second-order valence-corrected chi connectivity index (χ2v) is 9.28. The fourth-order valence-electron chi connectivity index (χ4n) is 5.70. The van der Waals surface area contributed by atoms with Crippen LogP contribution < -0.4 is 10.6 Å². The van der Waals surface area contributed by atoms with Crippen LogP contribution in [-0.4, -0.2) is 75.3 Å².